The van der Waals surface area contributed by atoms with E-state index in [0.717, 1.165) is 6.07 Å². The first kappa shape index (κ1) is 22.3. The number of benzene rings is 2. The van der Waals surface area contributed by atoms with Crippen LogP contribution in [0.3, 0.4) is 0 Å². The Morgan fingerprint density at radius 1 is 1.00 bits per heavy atom. The number of aryl methyl sites for hydroxylation is 1. The molecule has 0 aliphatic heterocycles. The fraction of sp³-hybridized carbons (Fsp3) is 0.190. The Morgan fingerprint density at radius 2 is 1.68 bits per heavy atom. The average molecular weight is 436 g/mol. The molecule has 31 heavy (non-hydrogen) atoms. The van der Waals surface area contributed by atoms with Gasteiger partial charge in [0.25, 0.3) is 0 Å². The number of hydrogen-bond donors (Lipinski definition) is 1. The van der Waals surface area contributed by atoms with Gasteiger partial charge in [-0.05, 0) is 26.1 Å². The lowest BCUT2D eigenvalue weighted by Gasteiger charge is -2.15. The second-order valence-electron chi connectivity index (χ2n) is 6.42. The van der Waals surface area contributed by atoms with Gasteiger partial charge in [0.1, 0.15) is 17.9 Å². The molecule has 162 valence electrons. The SMILES string of the molecule is CN=C(c1ccc(Oc2c(F)c(F)cc(F)c2F)cc1F)c1c(C)ncnc1CNC. The van der Waals surface area contributed by atoms with Crippen LogP contribution in [-0.2, 0) is 6.54 Å². The molecule has 5 nitrogen and oxygen atoms in total. The maximum absolute atomic E-state index is 14.9. The Bertz CT molecular complexity index is 1140. The van der Waals surface area contributed by atoms with Gasteiger partial charge in [0.2, 0.25) is 17.4 Å². The standard InChI is InChI=1S/C21H17F5N4O/c1-10-17(16(8-27-2)30-9-29-10)20(28-3)12-5-4-11(6-13(12)22)31-21-18(25)14(23)7-15(24)19(21)26/h4-7,9,27H,8H2,1-3H3. The Labute approximate surface area is 174 Å². The summed E-state index contributed by atoms with van der Waals surface area (Å²) in [4.78, 5) is 12.5. The maximum atomic E-state index is 14.9. The number of nitrogens with one attached hydrogen (secondary N) is 1. The van der Waals surface area contributed by atoms with Crippen molar-refractivity contribution in [3.05, 3.63) is 82.2 Å². The molecule has 0 saturated carbocycles. The van der Waals surface area contributed by atoms with Crippen molar-refractivity contribution < 1.29 is 26.7 Å². The molecule has 0 fully saturated rings. The van der Waals surface area contributed by atoms with Crippen molar-refractivity contribution in [3.8, 4) is 11.5 Å². The lowest BCUT2D eigenvalue weighted by atomic mass is 9.98. The van der Waals surface area contributed by atoms with Crippen molar-refractivity contribution in [1.82, 2.24) is 15.3 Å². The van der Waals surface area contributed by atoms with Crippen molar-refractivity contribution in [2.75, 3.05) is 14.1 Å². The van der Waals surface area contributed by atoms with Crippen LogP contribution in [-0.4, -0.2) is 29.8 Å². The van der Waals surface area contributed by atoms with E-state index in [1.807, 2.05) is 0 Å². The van der Waals surface area contributed by atoms with Crippen LogP contribution in [0.5, 0.6) is 11.5 Å². The highest BCUT2D eigenvalue weighted by molar-refractivity contribution is 6.14. The van der Waals surface area contributed by atoms with Gasteiger partial charge in [-0.1, -0.05) is 0 Å². The highest BCUT2D eigenvalue weighted by atomic mass is 19.2. The zero-order valence-electron chi connectivity index (χ0n) is 16.7. The van der Waals surface area contributed by atoms with Crippen LogP contribution in [0.2, 0.25) is 0 Å². The molecule has 10 heteroatoms. The molecule has 0 atom stereocenters. The van der Waals surface area contributed by atoms with Crippen molar-refractivity contribution in [2.45, 2.75) is 13.5 Å². The molecule has 1 aromatic heterocycles. The second-order valence-corrected chi connectivity index (χ2v) is 6.42. The summed E-state index contributed by atoms with van der Waals surface area (Å²) in [6.07, 6.45) is 1.38. The molecule has 0 radical (unpaired) electrons. The molecule has 1 N–H and O–H groups in total. The average Bonchev–Trinajstić information content (AvgIpc) is 2.73. The van der Waals surface area contributed by atoms with E-state index in [-0.39, 0.29) is 23.1 Å². The van der Waals surface area contributed by atoms with Crippen LogP contribution in [0, 0.1) is 36.0 Å². The molecule has 2 aromatic carbocycles. The smallest absolute Gasteiger partial charge is 0.204 e. The first-order valence-corrected chi connectivity index (χ1v) is 9.01. The van der Waals surface area contributed by atoms with Gasteiger partial charge in [-0.25, -0.2) is 23.1 Å². The van der Waals surface area contributed by atoms with E-state index in [9.17, 15) is 22.0 Å². The molecular weight excluding hydrogens is 419 g/mol. The first-order chi connectivity index (χ1) is 14.8. The maximum Gasteiger partial charge on any atom is 0.204 e. The summed E-state index contributed by atoms with van der Waals surface area (Å²) in [5.74, 6) is -9.24. The molecular formula is C21H17F5N4O. The first-order valence-electron chi connectivity index (χ1n) is 9.01. The zero-order valence-corrected chi connectivity index (χ0v) is 16.7. The van der Waals surface area contributed by atoms with Crippen LogP contribution >= 0.6 is 0 Å². The lowest BCUT2D eigenvalue weighted by Crippen LogP contribution is -2.17. The van der Waals surface area contributed by atoms with Gasteiger partial charge < -0.3 is 10.1 Å². The summed E-state index contributed by atoms with van der Waals surface area (Å²) in [7, 11) is 3.19. The van der Waals surface area contributed by atoms with Crippen LogP contribution in [0.4, 0.5) is 22.0 Å². The molecule has 0 saturated heterocycles. The molecule has 1 heterocycles. The number of halogens is 5. The van der Waals surface area contributed by atoms with Crippen LogP contribution in [0.15, 0.2) is 35.6 Å². The van der Waals surface area contributed by atoms with E-state index in [2.05, 4.69) is 20.3 Å². The normalized spacial score (nSPS) is 11.7. The second kappa shape index (κ2) is 9.17. The monoisotopic (exact) mass is 436 g/mol. The molecule has 3 rings (SSSR count). The number of ether oxygens (including phenoxy) is 1. The third-order valence-corrected chi connectivity index (χ3v) is 4.41. The largest absolute Gasteiger partial charge is 0.451 e. The van der Waals surface area contributed by atoms with E-state index in [4.69, 9.17) is 4.74 Å². The van der Waals surface area contributed by atoms with Gasteiger partial charge in [0, 0.05) is 36.9 Å². The minimum Gasteiger partial charge on any atom is -0.451 e. The number of aromatic nitrogens is 2. The number of nitrogens with zero attached hydrogens (tertiary/aromatic N) is 3. The molecule has 0 bridgehead atoms. The number of aliphatic imine (C=N–C) groups is 1. The number of hydrogen-bond acceptors (Lipinski definition) is 5. The highest BCUT2D eigenvalue weighted by Gasteiger charge is 2.23. The van der Waals surface area contributed by atoms with Crippen molar-refractivity contribution >= 4 is 5.71 Å². The summed E-state index contributed by atoms with van der Waals surface area (Å²) < 4.78 is 74.2. The Kier molecular flexibility index (Phi) is 6.59. The lowest BCUT2D eigenvalue weighted by molar-refractivity contribution is 0.365. The predicted molar refractivity (Wildman–Crippen MR) is 104 cm³/mol. The molecule has 0 aliphatic carbocycles. The number of rotatable bonds is 6. The third kappa shape index (κ3) is 4.38. The molecule has 0 amide bonds. The van der Waals surface area contributed by atoms with Gasteiger partial charge in [0.05, 0.1) is 17.1 Å². The summed E-state index contributed by atoms with van der Waals surface area (Å²) in [6, 6.07) is 3.35. The molecule has 0 spiro atoms. The fourth-order valence-electron chi connectivity index (χ4n) is 3.01. The third-order valence-electron chi connectivity index (χ3n) is 4.41. The highest BCUT2D eigenvalue weighted by Crippen LogP contribution is 2.32. The van der Waals surface area contributed by atoms with E-state index >= 15 is 0 Å². The van der Waals surface area contributed by atoms with Crippen molar-refractivity contribution in [1.29, 1.82) is 0 Å². The van der Waals surface area contributed by atoms with Gasteiger partial charge in [0.15, 0.2) is 11.6 Å². The van der Waals surface area contributed by atoms with E-state index in [1.54, 1.807) is 14.0 Å². The van der Waals surface area contributed by atoms with Crippen molar-refractivity contribution in [2.24, 2.45) is 4.99 Å². The summed E-state index contributed by atoms with van der Waals surface area (Å²) in [5, 5.41) is 2.96. The Morgan fingerprint density at radius 3 is 2.26 bits per heavy atom. The summed E-state index contributed by atoms with van der Waals surface area (Å²) >= 11 is 0. The Balaban J connectivity index is 2.02. The van der Waals surface area contributed by atoms with Crippen LogP contribution in [0.1, 0.15) is 22.5 Å². The Hall–Kier alpha value is -3.40. The predicted octanol–water partition coefficient (Wildman–Crippen LogP) is 4.46. The van der Waals surface area contributed by atoms with Gasteiger partial charge in [-0.15, -0.1) is 0 Å². The molecule has 0 aliphatic rings. The van der Waals surface area contributed by atoms with Gasteiger partial charge in [-0.3, -0.25) is 4.99 Å². The van der Waals surface area contributed by atoms with E-state index in [1.165, 1.54) is 25.5 Å². The van der Waals surface area contributed by atoms with E-state index in [0.29, 0.717) is 23.5 Å². The quantitative estimate of drug-likeness (QED) is 0.352. The van der Waals surface area contributed by atoms with Gasteiger partial charge in [-0.2, -0.15) is 8.78 Å². The minimum atomic E-state index is -1.73. The van der Waals surface area contributed by atoms with E-state index < -0.39 is 34.8 Å². The minimum absolute atomic E-state index is 0.0523. The molecule has 3 aromatic rings. The summed E-state index contributed by atoms with van der Waals surface area (Å²) in [5.41, 5.74) is 1.99. The topological polar surface area (TPSA) is 59.4 Å². The van der Waals surface area contributed by atoms with Crippen molar-refractivity contribution in [3.63, 3.8) is 0 Å². The van der Waals surface area contributed by atoms with Crippen LogP contribution in [0.25, 0.3) is 0 Å². The van der Waals surface area contributed by atoms with Gasteiger partial charge >= 0.3 is 0 Å². The van der Waals surface area contributed by atoms with Crippen LogP contribution < -0.4 is 10.1 Å². The molecule has 0 unspecified atom stereocenters. The summed E-state index contributed by atoms with van der Waals surface area (Å²) in [6.45, 7) is 2.10. The fourth-order valence-corrected chi connectivity index (χ4v) is 3.01. The zero-order chi connectivity index (χ0) is 22.7.